The number of carboxylic acid groups (broad SMARTS) is 1. The lowest BCUT2D eigenvalue weighted by Crippen LogP contribution is -2.52. The van der Waals surface area contributed by atoms with Gasteiger partial charge in [-0.1, -0.05) is 81.4 Å². The Hall–Kier alpha value is -2.17. The van der Waals surface area contributed by atoms with Crippen LogP contribution in [0.1, 0.15) is 31.9 Å². The standard InChI is InChI=1S/C21H27NO3/c1-21(2,3)19(23)18(20(24)25)22(14-16-10-6-4-7-11-16)15-17-12-8-5-9-13-17/h4-13,18-19,23H,14-15H2,1-3H3,(H,24,25). The van der Waals surface area contributed by atoms with Gasteiger partial charge in [0.2, 0.25) is 0 Å². The first kappa shape index (κ1) is 19.2. The number of carboxylic acids is 1. The van der Waals surface area contributed by atoms with Gasteiger partial charge in [-0.05, 0) is 16.5 Å². The molecule has 0 spiro atoms. The Morgan fingerprint density at radius 2 is 1.32 bits per heavy atom. The number of hydrogen-bond donors (Lipinski definition) is 2. The summed E-state index contributed by atoms with van der Waals surface area (Å²) in [6.45, 7) is 6.49. The molecule has 134 valence electrons. The average Bonchev–Trinajstić information content (AvgIpc) is 2.55. The lowest BCUT2D eigenvalue weighted by molar-refractivity contribution is -0.152. The molecule has 0 saturated carbocycles. The van der Waals surface area contributed by atoms with Crippen LogP contribution in [0.4, 0.5) is 0 Å². The molecule has 4 nitrogen and oxygen atoms in total. The highest BCUT2D eigenvalue weighted by Gasteiger charge is 2.39. The van der Waals surface area contributed by atoms with Crippen LogP contribution in [0.2, 0.25) is 0 Å². The van der Waals surface area contributed by atoms with Crippen LogP contribution < -0.4 is 0 Å². The summed E-state index contributed by atoms with van der Waals surface area (Å²) in [4.78, 5) is 13.8. The number of nitrogens with zero attached hydrogens (tertiary/aromatic N) is 1. The fourth-order valence-electron chi connectivity index (χ4n) is 2.85. The zero-order valence-corrected chi connectivity index (χ0v) is 15.1. The molecule has 0 amide bonds. The lowest BCUT2D eigenvalue weighted by atomic mass is 9.83. The number of benzene rings is 2. The zero-order chi connectivity index (χ0) is 18.4. The third-order valence-electron chi connectivity index (χ3n) is 4.29. The summed E-state index contributed by atoms with van der Waals surface area (Å²) >= 11 is 0. The molecule has 0 aliphatic carbocycles. The number of rotatable bonds is 7. The minimum absolute atomic E-state index is 0.458. The lowest BCUT2D eigenvalue weighted by Gasteiger charge is -2.37. The van der Waals surface area contributed by atoms with Gasteiger partial charge in [-0.25, -0.2) is 0 Å². The van der Waals surface area contributed by atoms with Gasteiger partial charge in [-0.3, -0.25) is 9.69 Å². The highest BCUT2D eigenvalue weighted by molar-refractivity contribution is 5.74. The van der Waals surface area contributed by atoms with Crippen LogP contribution in [-0.4, -0.2) is 33.2 Å². The SMILES string of the molecule is CC(C)(C)C(O)C(C(=O)O)N(Cc1ccccc1)Cc1ccccc1. The minimum Gasteiger partial charge on any atom is -0.480 e. The number of carbonyl (C=O) groups is 1. The molecule has 2 aromatic rings. The van der Waals surface area contributed by atoms with E-state index in [1.165, 1.54) is 0 Å². The average molecular weight is 341 g/mol. The summed E-state index contributed by atoms with van der Waals surface area (Å²) in [5.74, 6) is -1.01. The van der Waals surface area contributed by atoms with E-state index in [1.54, 1.807) is 0 Å². The van der Waals surface area contributed by atoms with E-state index in [2.05, 4.69) is 0 Å². The summed E-state index contributed by atoms with van der Waals surface area (Å²) in [5, 5.41) is 20.6. The van der Waals surface area contributed by atoms with E-state index in [-0.39, 0.29) is 0 Å². The second kappa shape index (κ2) is 8.28. The van der Waals surface area contributed by atoms with Crippen molar-refractivity contribution < 1.29 is 15.0 Å². The molecular formula is C21H27NO3. The maximum atomic E-state index is 12.0. The molecule has 2 rings (SSSR count). The van der Waals surface area contributed by atoms with E-state index in [0.29, 0.717) is 13.1 Å². The van der Waals surface area contributed by atoms with Crippen molar-refractivity contribution in [3.63, 3.8) is 0 Å². The van der Waals surface area contributed by atoms with E-state index in [4.69, 9.17) is 0 Å². The fraction of sp³-hybridized carbons (Fsp3) is 0.381. The molecule has 0 heterocycles. The molecule has 2 N–H and O–H groups in total. The predicted molar refractivity (Wildman–Crippen MR) is 99.0 cm³/mol. The van der Waals surface area contributed by atoms with Crippen molar-refractivity contribution in [2.45, 2.75) is 46.0 Å². The Balaban J connectivity index is 2.34. The van der Waals surface area contributed by atoms with Crippen LogP contribution in [-0.2, 0) is 17.9 Å². The summed E-state index contributed by atoms with van der Waals surface area (Å²) in [5.41, 5.74) is 1.51. The first-order valence-corrected chi connectivity index (χ1v) is 8.52. The van der Waals surface area contributed by atoms with Crippen molar-refractivity contribution in [1.82, 2.24) is 4.90 Å². The van der Waals surface area contributed by atoms with Gasteiger partial charge < -0.3 is 10.2 Å². The highest BCUT2D eigenvalue weighted by atomic mass is 16.4. The van der Waals surface area contributed by atoms with Crippen molar-refractivity contribution in [2.75, 3.05) is 0 Å². The fourth-order valence-corrected chi connectivity index (χ4v) is 2.85. The Morgan fingerprint density at radius 3 is 1.64 bits per heavy atom. The number of hydrogen-bond acceptors (Lipinski definition) is 3. The smallest absolute Gasteiger partial charge is 0.323 e. The third kappa shape index (κ3) is 5.41. The maximum Gasteiger partial charge on any atom is 0.323 e. The van der Waals surface area contributed by atoms with E-state index in [0.717, 1.165) is 11.1 Å². The molecule has 0 aromatic heterocycles. The Bertz CT molecular complexity index is 623. The van der Waals surface area contributed by atoms with E-state index >= 15 is 0 Å². The monoisotopic (exact) mass is 341 g/mol. The summed E-state index contributed by atoms with van der Waals surface area (Å²) < 4.78 is 0. The van der Waals surface area contributed by atoms with Crippen LogP contribution >= 0.6 is 0 Å². The predicted octanol–water partition coefficient (Wildman–Crippen LogP) is 3.55. The van der Waals surface area contributed by atoms with Crippen molar-refractivity contribution in [2.24, 2.45) is 5.41 Å². The molecule has 2 atom stereocenters. The summed E-state index contributed by atoms with van der Waals surface area (Å²) in [6, 6.07) is 18.5. The molecule has 2 unspecified atom stereocenters. The van der Waals surface area contributed by atoms with Crippen molar-refractivity contribution >= 4 is 5.97 Å². The number of aliphatic hydroxyl groups is 1. The normalized spacial score (nSPS) is 14.3. The van der Waals surface area contributed by atoms with Gasteiger partial charge in [-0.15, -0.1) is 0 Å². The van der Waals surface area contributed by atoms with Gasteiger partial charge in [-0.2, -0.15) is 0 Å². The van der Waals surface area contributed by atoms with Gasteiger partial charge in [0.05, 0.1) is 6.10 Å². The van der Waals surface area contributed by atoms with Gasteiger partial charge in [0, 0.05) is 13.1 Å². The summed E-state index contributed by atoms with van der Waals surface area (Å²) in [7, 11) is 0. The topological polar surface area (TPSA) is 60.8 Å². The van der Waals surface area contributed by atoms with Crippen LogP contribution in [0, 0.1) is 5.41 Å². The van der Waals surface area contributed by atoms with Gasteiger partial charge in [0.1, 0.15) is 6.04 Å². The van der Waals surface area contributed by atoms with Crippen molar-refractivity contribution in [3.8, 4) is 0 Å². The van der Waals surface area contributed by atoms with E-state index < -0.39 is 23.5 Å². The molecule has 0 aliphatic heterocycles. The van der Waals surface area contributed by atoms with E-state index in [1.807, 2.05) is 86.3 Å². The molecule has 2 aromatic carbocycles. The van der Waals surface area contributed by atoms with Crippen molar-refractivity contribution in [3.05, 3.63) is 71.8 Å². The van der Waals surface area contributed by atoms with Crippen LogP contribution in [0.5, 0.6) is 0 Å². The molecule has 0 fully saturated rings. The second-order valence-corrected chi connectivity index (χ2v) is 7.47. The van der Waals surface area contributed by atoms with E-state index in [9.17, 15) is 15.0 Å². The molecule has 0 aliphatic rings. The Morgan fingerprint density at radius 1 is 0.920 bits per heavy atom. The molecular weight excluding hydrogens is 314 g/mol. The largest absolute Gasteiger partial charge is 0.480 e. The minimum atomic E-state index is -1.01. The highest BCUT2D eigenvalue weighted by Crippen LogP contribution is 2.27. The molecule has 0 saturated heterocycles. The number of aliphatic hydroxyl groups excluding tert-OH is 1. The maximum absolute atomic E-state index is 12.0. The first-order chi connectivity index (χ1) is 11.8. The molecule has 0 bridgehead atoms. The quantitative estimate of drug-likeness (QED) is 0.808. The summed E-state index contributed by atoms with van der Waals surface area (Å²) in [6.07, 6.45) is -0.988. The molecule has 25 heavy (non-hydrogen) atoms. The van der Waals surface area contributed by atoms with Crippen LogP contribution in [0.25, 0.3) is 0 Å². The molecule has 4 heteroatoms. The van der Waals surface area contributed by atoms with Gasteiger partial charge in [0.25, 0.3) is 0 Å². The second-order valence-electron chi connectivity index (χ2n) is 7.47. The van der Waals surface area contributed by atoms with Gasteiger partial charge >= 0.3 is 5.97 Å². The third-order valence-corrected chi connectivity index (χ3v) is 4.29. The Kier molecular flexibility index (Phi) is 6.34. The van der Waals surface area contributed by atoms with Crippen LogP contribution in [0.3, 0.4) is 0 Å². The van der Waals surface area contributed by atoms with Gasteiger partial charge in [0.15, 0.2) is 0 Å². The first-order valence-electron chi connectivity index (χ1n) is 8.52. The zero-order valence-electron chi connectivity index (χ0n) is 15.1. The number of aliphatic carboxylic acids is 1. The van der Waals surface area contributed by atoms with Crippen molar-refractivity contribution in [1.29, 1.82) is 0 Å². The molecule has 0 radical (unpaired) electrons. The van der Waals surface area contributed by atoms with Crippen LogP contribution in [0.15, 0.2) is 60.7 Å². The Labute approximate surface area is 149 Å².